The highest BCUT2D eigenvalue weighted by atomic mass is 16.5. The molecule has 0 bridgehead atoms. The van der Waals surface area contributed by atoms with Crippen molar-refractivity contribution in [3.8, 4) is 0 Å². The van der Waals surface area contributed by atoms with Crippen LogP contribution in [0.2, 0.25) is 0 Å². The summed E-state index contributed by atoms with van der Waals surface area (Å²) in [6.07, 6.45) is 1.46. The van der Waals surface area contributed by atoms with Crippen LogP contribution < -0.4 is 5.32 Å². The Morgan fingerprint density at radius 3 is 2.88 bits per heavy atom. The van der Waals surface area contributed by atoms with Gasteiger partial charge in [-0.3, -0.25) is 0 Å². The fourth-order valence-electron chi connectivity index (χ4n) is 1.38. The van der Waals surface area contributed by atoms with Gasteiger partial charge in [0.05, 0.1) is 13.4 Å². The lowest BCUT2D eigenvalue weighted by Gasteiger charge is -2.18. The Labute approximate surface area is 101 Å². The smallest absolute Gasteiger partial charge is 0.374 e. The quantitative estimate of drug-likeness (QED) is 0.731. The highest BCUT2D eigenvalue weighted by Gasteiger charge is 2.17. The number of esters is 1. The molecule has 0 amide bonds. The van der Waals surface area contributed by atoms with Gasteiger partial charge in [0.15, 0.2) is 0 Å². The number of hydrogen-bond acceptors (Lipinski definition) is 5. The fraction of sp³-hybridized carbons (Fsp3) is 0.583. The van der Waals surface area contributed by atoms with Gasteiger partial charge in [0.1, 0.15) is 0 Å². The van der Waals surface area contributed by atoms with E-state index in [1.165, 1.54) is 13.4 Å². The number of rotatable bonds is 6. The van der Waals surface area contributed by atoms with E-state index >= 15 is 0 Å². The van der Waals surface area contributed by atoms with Gasteiger partial charge in [-0.05, 0) is 18.9 Å². The molecule has 1 rings (SSSR count). The highest BCUT2D eigenvalue weighted by Crippen LogP contribution is 2.12. The predicted octanol–water partition coefficient (Wildman–Crippen LogP) is 1.17. The maximum absolute atomic E-state index is 11.3. The molecule has 0 aromatic carbocycles. The fourth-order valence-corrected chi connectivity index (χ4v) is 1.38. The van der Waals surface area contributed by atoms with Crippen LogP contribution in [0, 0.1) is 5.92 Å². The number of aliphatic hydroxyl groups is 1. The molecule has 0 saturated heterocycles. The molecule has 1 aromatic rings. The lowest BCUT2D eigenvalue weighted by Crippen LogP contribution is -2.33. The van der Waals surface area contributed by atoms with Crippen molar-refractivity contribution in [1.82, 2.24) is 5.32 Å². The van der Waals surface area contributed by atoms with Crippen molar-refractivity contribution in [3.05, 3.63) is 23.7 Å². The second kappa shape index (κ2) is 6.42. The van der Waals surface area contributed by atoms with Crippen LogP contribution in [0.15, 0.2) is 16.7 Å². The first-order chi connectivity index (χ1) is 8.10. The number of hydrogen-bond donors (Lipinski definition) is 2. The molecule has 0 spiro atoms. The lowest BCUT2D eigenvalue weighted by molar-refractivity contribution is 0.0563. The first-order valence-electron chi connectivity index (χ1n) is 5.59. The van der Waals surface area contributed by atoms with Crippen LogP contribution in [0.1, 0.15) is 30.0 Å². The molecule has 0 fully saturated rings. The van der Waals surface area contributed by atoms with E-state index in [2.05, 4.69) is 10.1 Å². The number of carbonyl (C=O) groups is 1. The maximum atomic E-state index is 11.3. The van der Waals surface area contributed by atoms with Gasteiger partial charge in [0, 0.05) is 24.8 Å². The molecule has 0 aliphatic rings. The standard InChI is InChI=1S/C12H19NO4/c1-8(7-14)9(2)13-6-10-4-5-17-11(10)12(15)16-3/h4-5,8-9,13-14H,6-7H2,1-3H3. The second-order valence-electron chi connectivity index (χ2n) is 4.10. The molecule has 1 heterocycles. The molecule has 5 heteroatoms. The average molecular weight is 241 g/mol. The van der Waals surface area contributed by atoms with E-state index in [9.17, 15) is 4.79 Å². The van der Waals surface area contributed by atoms with Gasteiger partial charge < -0.3 is 19.6 Å². The number of aliphatic hydroxyl groups excluding tert-OH is 1. The summed E-state index contributed by atoms with van der Waals surface area (Å²) in [5.41, 5.74) is 0.758. The van der Waals surface area contributed by atoms with Crippen molar-refractivity contribution in [2.75, 3.05) is 13.7 Å². The second-order valence-corrected chi connectivity index (χ2v) is 4.10. The number of nitrogens with one attached hydrogen (secondary N) is 1. The largest absolute Gasteiger partial charge is 0.463 e. The van der Waals surface area contributed by atoms with Gasteiger partial charge in [-0.2, -0.15) is 0 Å². The minimum atomic E-state index is -0.477. The van der Waals surface area contributed by atoms with Crippen LogP contribution in [0.25, 0.3) is 0 Å². The summed E-state index contributed by atoms with van der Waals surface area (Å²) in [4.78, 5) is 11.3. The van der Waals surface area contributed by atoms with E-state index in [4.69, 9.17) is 9.52 Å². The Morgan fingerprint density at radius 1 is 1.59 bits per heavy atom. The minimum absolute atomic E-state index is 0.128. The number of furan rings is 1. The van der Waals surface area contributed by atoms with Crippen LogP contribution in [0.5, 0.6) is 0 Å². The van der Waals surface area contributed by atoms with Crippen LogP contribution in [-0.4, -0.2) is 30.8 Å². The monoisotopic (exact) mass is 241 g/mol. The molecular formula is C12H19NO4. The summed E-state index contributed by atoms with van der Waals surface area (Å²) in [6, 6.07) is 1.88. The molecule has 17 heavy (non-hydrogen) atoms. The molecule has 2 N–H and O–H groups in total. The van der Waals surface area contributed by atoms with Gasteiger partial charge in [0.2, 0.25) is 5.76 Å². The third-order valence-electron chi connectivity index (χ3n) is 2.87. The Balaban J connectivity index is 2.58. The van der Waals surface area contributed by atoms with E-state index < -0.39 is 5.97 Å². The normalized spacial score (nSPS) is 14.4. The van der Waals surface area contributed by atoms with Crippen molar-refractivity contribution in [1.29, 1.82) is 0 Å². The minimum Gasteiger partial charge on any atom is -0.463 e. The maximum Gasteiger partial charge on any atom is 0.374 e. The first-order valence-corrected chi connectivity index (χ1v) is 5.59. The highest BCUT2D eigenvalue weighted by molar-refractivity contribution is 5.87. The van der Waals surface area contributed by atoms with Crippen molar-refractivity contribution >= 4 is 5.97 Å². The zero-order valence-corrected chi connectivity index (χ0v) is 10.4. The Bertz CT molecular complexity index is 361. The molecule has 0 saturated carbocycles. The Hall–Kier alpha value is -1.33. The molecule has 96 valence electrons. The van der Waals surface area contributed by atoms with Crippen LogP contribution in [0.3, 0.4) is 0 Å². The van der Waals surface area contributed by atoms with Crippen LogP contribution >= 0.6 is 0 Å². The summed E-state index contributed by atoms with van der Waals surface area (Å²) >= 11 is 0. The topological polar surface area (TPSA) is 71.7 Å². The SMILES string of the molecule is COC(=O)c1occc1CNC(C)C(C)CO. The molecule has 0 aliphatic heterocycles. The zero-order valence-electron chi connectivity index (χ0n) is 10.4. The van der Waals surface area contributed by atoms with Gasteiger partial charge >= 0.3 is 5.97 Å². The molecule has 1 aromatic heterocycles. The average Bonchev–Trinajstić information content (AvgIpc) is 2.82. The van der Waals surface area contributed by atoms with Crippen LogP contribution in [-0.2, 0) is 11.3 Å². The first kappa shape index (κ1) is 13.7. The van der Waals surface area contributed by atoms with E-state index in [1.807, 2.05) is 13.8 Å². The summed E-state index contributed by atoms with van der Waals surface area (Å²) in [5, 5.41) is 12.2. The van der Waals surface area contributed by atoms with Crippen molar-refractivity contribution < 1.29 is 19.1 Å². The predicted molar refractivity (Wildman–Crippen MR) is 62.6 cm³/mol. The van der Waals surface area contributed by atoms with Gasteiger partial charge in [-0.15, -0.1) is 0 Å². The summed E-state index contributed by atoms with van der Waals surface area (Å²) in [5.74, 6) is -0.0954. The van der Waals surface area contributed by atoms with E-state index in [0.717, 1.165) is 5.56 Å². The summed E-state index contributed by atoms with van der Waals surface area (Å²) < 4.78 is 9.68. The molecular weight excluding hydrogens is 222 g/mol. The third kappa shape index (κ3) is 3.57. The van der Waals surface area contributed by atoms with E-state index in [0.29, 0.717) is 6.54 Å². The van der Waals surface area contributed by atoms with Crippen molar-refractivity contribution in [2.45, 2.75) is 26.4 Å². The lowest BCUT2D eigenvalue weighted by atomic mass is 10.0. The summed E-state index contributed by atoms with van der Waals surface area (Å²) in [6.45, 7) is 4.57. The summed E-state index contributed by atoms with van der Waals surface area (Å²) in [7, 11) is 1.32. The molecule has 0 radical (unpaired) electrons. The number of methoxy groups -OCH3 is 1. The molecule has 2 atom stereocenters. The zero-order chi connectivity index (χ0) is 12.8. The Morgan fingerprint density at radius 2 is 2.29 bits per heavy atom. The third-order valence-corrected chi connectivity index (χ3v) is 2.87. The van der Waals surface area contributed by atoms with E-state index in [1.54, 1.807) is 6.07 Å². The van der Waals surface area contributed by atoms with Crippen molar-refractivity contribution in [3.63, 3.8) is 0 Å². The van der Waals surface area contributed by atoms with E-state index in [-0.39, 0.29) is 24.3 Å². The van der Waals surface area contributed by atoms with Crippen molar-refractivity contribution in [2.24, 2.45) is 5.92 Å². The number of carbonyl (C=O) groups excluding carboxylic acids is 1. The van der Waals surface area contributed by atoms with Gasteiger partial charge in [0.25, 0.3) is 0 Å². The van der Waals surface area contributed by atoms with Gasteiger partial charge in [-0.1, -0.05) is 6.92 Å². The molecule has 2 unspecified atom stereocenters. The molecule has 0 aliphatic carbocycles. The van der Waals surface area contributed by atoms with Crippen LogP contribution in [0.4, 0.5) is 0 Å². The number of ether oxygens (including phenoxy) is 1. The molecule has 5 nitrogen and oxygen atoms in total. The Kier molecular flexibility index (Phi) is 5.18. The van der Waals surface area contributed by atoms with Gasteiger partial charge in [-0.25, -0.2) is 4.79 Å².